The van der Waals surface area contributed by atoms with Crippen molar-refractivity contribution in [2.75, 3.05) is 0 Å². The molecule has 2 rings (SSSR count). The van der Waals surface area contributed by atoms with Crippen LogP contribution in [-0.4, -0.2) is 14.5 Å². The Hall–Kier alpha value is -1.23. The highest BCUT2D eigenvalue weighted by Gasteiger charge is 2.06. The van der Waals surface area contributed by atoms with Crippen molar-refractivity contribution in [2.24, 2.45) is 0 Å². The Morgan fingerprint density at radius 3 is 3.08 bits per heavy atom. The molecule has 0 spiro atoms. The van der Waals surface area contributed by atoms with E-state index in [0.717, 1.165) is 12.0 Å². The Morgan fingerprint density at radius 1 is 1.58 bits per heavy atom. The molecule has 5 heteroatoms. The van der Waals surface area contributed by atoms with Gasteiger partial charge in [0.05, 0.1) is 11.8 Å². The van der Waals surface area contributed by atoms with Gasteiger partial charge in [0.1, 0.15) is 0 Å². The lowest BCUT2D eigenvalue weighted by Gasteiger charge is -1.80. The minimum absolute atomic E-state index is 0.626. The van der Waals surface area contributed by atoms with Gasteiger partial charge < -0.3 is 4.52 Å². The fraction of sp³-hybridized carbons (Fsp3) is 0.286. The zero-order valence-electron chi connectivity index (χ0n) is 6.52. The van der Waals surface area contributed by atoms with Gasteiger partial charge in [0.2, 0.25) is 11.7 Å². The van der Waals surface area contributed by atoms with Gasteiger partial charge in [-0.15, -0.1) is 0 Å². The average molecular weight is 181 g/mol. The smallest absolute Gasteiger partial charge is 0.226 e. The third kappa shape index (κ3) is 1.23. The number of hydrogen-bond acceptors (Lipinski definition) is 5. The molecule has 0 atom stereocenters. The van der Waals surface area contributed by atoms with Gasteiger partial charge in [-0.2, -0.15) is 4.98 Å². The van der Waals surface area contributed by atoms with Gasteiger partial charge >= 0.3 is 0 Å². The maximum Gasteiger partial charge on any atom is 0.226 e. The molecule has 0 saturated carbocycles. The van der Waals surface area contributed by atoms with Crippen LogP contribution in [0.1, 0.15) is 12.8 Å². The van der Waals surface area contributed by atoms with Gasteiger partial charge in [0.25, 0.3) is 0 Å². The number of nitrogens with zero attached hydrogens (tertiary/aromatic N) is 3. The van der Waals surface area contributed by atoms with E-state index in [2.05, 4.69) is 14.5 Å². The van der Waals surface area contributed by atoms with E-state index in [1.807, 2.05) is 12.3 Å². The van der Waals surface area contributed by atoms with E-state index in [4.69, 9.17) is 4.52 Å². The van der Waals surface area contributed by atoms with Gasteiger partial charge in [-0.25, -0.2) is 4.37 Å². The minimum Gasteiger partial charge on any atom is -0.339 e. The second kappa shape index (κ2) is 3.02. The van der Waals surface area contributed by atoms with Gasteiger partial charge in [0.15, 0.2) is 0 Å². The number of rotatable bonds is 2. The van der Waals surface area contributed by atoms with Gasteiger partial charge in [-0.1, -0.05) is 12.1 Å². The van der Waals surface area contributed by atoms with Crippen molar-refractivity contribution in [2.45, 2.75) is 13.3 Å². The van der Waals surface area contributed by atoms with Crippen molar-refractivity contribution >= 4 is 11.5 Å². The summed E-state index contributed by atoms with van der Waals surface area (Å²) in [5.74, 6) is 1.29. The second-order valence-corrected chi connectivity index (χ2v) is 2.94. The molecule has 0 radical (unpaired) electrons. The summed E-state index contributed by atoms with van der Waals surface area (Å²) in [5.41, 5.74) is 0.920. The van der Waals surface area contributed by atoms with Gasteiger partial charge in [-0.3, -0.25) is 0 Å². The molecule has 0 bridgehead atoms. The van der Waals surface area contributed by atoms with E-state index < -0.39 is 0 Å². The molecule has 0 aromatic carbocycles. The fourth-order valence-corrected chi connectivity index (χ4v) is 1.35. The van der Waals surface area contributed by atoms with E-state index in [1.165, 1.54) is 11.5 Å². The highest BCUT2D eigenvalue weighted by atomic mass is 32.1. The molecular weight excluding hydrogens is 174 g/mol. The van der Waals surface area contributed by atoms with Crippen LogP contribution in [0.5, 0.6) is 0 Å². The zero-order chi connectivity index (χ0) is 8.39. The minimum atomic E-state index is 0.626. The van der Waals surface area contributed by atoms with Crippen LogP contribution >= 0.6 is 11.5 Å². The Bertz CT molecular complexity index is 354. The molecule has 4 nitrogen and oxygen atoms in total. The predicted octanol–water partition coefficient (Wildman–Crippen LogP) is 1.76. The summed E-state index contributed by atoms with van der Waals surface area (Å²) < 4.78 is 8.91. The third-order valence-electron chi connectivity index (χ3n) is 1.46. The number of aromatic nitrogens is 3. The van der Waals surface area contributed by atoms with Crippen LogP contribution in [0, 0.1) is 0 Å². The highest BCUT2D eigenvalue weighted by molar-refractivity contribution is 7.03. The molecule has 0 amide bonds. The van der Waals surface area contributed by atoms with Crippen LogP contribution in [-0.2, 0) is 6.42 Å². The number of hydrogen-bond donors (Lipinski definition) is 0. The monoisotopic (exact) mass is 181 g/mol. The maximum atomic E-state index is 4.95. The second-order valence-electron chi connectivity index (χ2n) is 2.28. The Balaban J connectivity index is 2.35. The summed E-state index contributed by atoms with van der Waals surface area (Å²) in [7, 11) is 0. The van der Waals surface area contributed by atoms with Crippen LogP contribution in [0.2, 0.25) is 0 Å². The van der Waals surface area contributed by atoms with E-state index in [1.54, 1.807) is 6.20 Å². The summed E-state index contributed by atoms with van der Waals surface area (Å²) >= 11 is 1.38. The molecule has 0 aliphatic carbocycles. The first-order valence-corrected chi connectivity index (χ1v) is 4.46. The summed E-state index contributed by atoms with van der Waals surface area (Å²) in [6.07, 6.45) is 2.50. The van der Waals surface area contributed by atoms with E-state index in [-0.39, 0.29) is 0 Å². The lowest BCUT2D eigenvalue weighted by Crippen LogP contribution is -1.79. The first-order valence-electron chi connectivity index (χ1n) is 3.62. The molecule has 62 valence electrons. The van der Waals surface area contributed by atoms with E-state index in [0.29, 0.717) is 11.7 Å². The van der Waals surface area contributed by atoms with Gasteiger partial charge in [0, 0.05) is 11.8 Å². The van der Waals surface area contributed by atoms with Crippen LogP contribution in [0.3, 0.4) is 0 Å². The summed E-state index contributed by atoms with van der Waals surface area (Å²) in [5, 5.41) is 5.70. The highest BCUT2D eigenvalue weighted by Crippen LogP contribution is 2.16. The Labute approximate surface area is 73.4 Å². The first-order chi connectivity index (χ1) is 5.90. The van der Waals surface area contributed by atoms with Crippen LogP contribution in [0.15, 0.2) is 16.1 Å². The fourth-order valence-electron chi connectivity index (χ4n) is 0.831. The Kier molecular flexibility index (Phi) is 1.87. The molecule has 2 aromatic heterocycles. The lowest BCUT2D eigenvalue weighted by molar-refractivity contribution is 0.383. The molecule has 2 aromatic rings. The SMILES string of the molecule is CCc1nc(-c2cnsc2)no1. The summed E-state index contributed by atoms with van der Waals surface area (Å²) in [4.78, 5) is 4.16. The molecule has 2 heterocycles. The molecular formula is C7H7N3OS. The molecule has 0 N–H and O–H groups in total. The molecule has 0 fully saturated rings. The van der Waals surface area contributed by atoms with Crippen molar-refractivity contribution < 1.29 is 4.52 Å². The summed E-state index contributed by atoms with van der Waals surface area (Å²) in [6.45, 7) is 1.98. The van der Waals surface area contributed by atoms with Crippen molar-refractivity contribution in [3.63, 3.8) is 0 Å². The Morgan fingerprint density at radius 2 is 2.50 bits per heavy atom. The molecule has 0 unspecified atom stereocenters. The molecule has 0 aliphatic heterocycles. The quantitative estimate of drug-likeness (QED) is 0.708. The predicted molar refractivity (Wildman–Crippen MR) is 44.8 cm³/mol. The third-order valence-corrected chi connectivity index (χ3v) is 2.05. The van der Waals surface area contributed by atoms with Crippen molar-refractivity contribution in [1.29, 1.82) is 0 Å². The summed E-state index contributed by atoms with van der Waals surface area (Å²) in [6, 6.07) is 0. The maximum absolute atomic E-state index is 4.95. The first kappa shape index (κ1) is 7.42. The van der Waals surface area contributed by atoms with Crippen LogP contribution in [0.25, 0.3) is 11.4 Å². The van der Waals surface area contributed by atoms with Crippen molar-refractivity contribution in [1.82, 2.24) is 14.5 Å². The normalized spacial score (nSPS) is 10.4. The molecule has 0 saturated heterocycles. The number of aryl methyl sites for hydroxylation is 1. The largest absolute Gasteiger partial charge is 0.339 e. The zero-order valence-corrected chi connectivity index (χ0v) is 7.34. The topological polar surface area (TPSA) is 51.8 Å². The van der Waals surface area contributed by atoms with Crippen LogP contribution < -0.4 is 0 Å². The average Bonchev–Trinajstić information content (AvgIpc) is 2.75. The standard InChI is InChI=1S/C7H7N3OS/c1-2-6-9-7(10-11-6)5-3-8-12-4-5/h3-4H,2H2,1H3. The van der Waals surface area contributed by atoms with Crippen molar-refractivity contribution in [3.8, 4) is 11.4 Å². The van der Waals surface area contributed by atoms with Gasteiger partial charge in [-0.05, 0) is 11.5 Å². The van der Waals surface area contributed by atoms with E-state index in [9.17, 15) is 0 Å². The molecule has 12 heavy (non-hydrogen) atoms. The van der Waals surface area contributed by atoms with Crippen LogP contribution in [0.4, 0.5) is 0 Å². The molecule has 0 aliphatic rings. The lowest BCUT2D eigenvalue weighted by atomic mass is 10.3. The van der Waals surface area contributed by atoms with Crippen molar-refractivity contribution in [3.05, 3.63) is 17.5 Å². The van der Waals surface area contributed by atoms with E-state index >= 15 is 0 Å².